The van der Waals surface area contributed by atoms with E-state index in [0.29, 0.717) is 5.69 Å². The number of carbonyl (C=O) groups is 1. The molecule has 0 radical (unpaired) electrons. The van der Waals surface area contributed by atoms with E-state index in [0.717, 1.165) is 55.1 Å². The van der Waals surface area contributed by atoms with Gasteiger partial charge < -0.3 is 22.1 Å². The third-order valence-corrected chi connectivity index (χ3v) is 6.42. The first-order chi connectivity index (χ1) is 15.5. The second-order valence-corrected chi connectivity index (χ2v) is 8.95. The number of hydrogen-bond acceptors (Lipinski definition) is 6. The molecule has 3 aromatic rings. The summed E-state index contributed by atoms with van der Waals surface area (Å²) in [5.74, 6) is -0.383. The fourth-order valence-electron chi connectivity index (χ4n) is 4.38. The van der Waals surface area contributed by atoms with E-state index in [9.17, 15) is 9.18 Å². The number of pyridine rings is 1. The highest BCUT2D eigenvalue weighted by molar-refractivity contribution is 5.99. The minimum absolute atomic E-state index is 0.00878. The minimum atomic E-state index is -0.752. The van der Waals surface area contributed by atoms with Gasteiger partial charge in [-0.15, -0.1) is 0 Å². The van der Waals surface area contributed by atoms with E-state index >= 15 is 0 Å². The number of nitrogens with zero attached hydrogens (tertiary/aromatic N) is 3. The fourth-order valence-corrected chi connectivity index (χ4v) is 4.38. The molecule has 2 aliphatic rings. The Morgan fingerprint density at radius 1 is 1.16 bits per heavy atom. The van der Waals surface area contributed by atoms with E-state index in [1.165, 1.54) is 12.8 Å². The zero-order chi connectivity index (χ0) is 22.2. The molecular formula is C23H28FN7O. The molecule has 6 N–H and O–H groups in total. The Labute approximate surface area is 185 Å². The minimum Gasteiger partial charge on any atom is -0.365 e. The van der Waals surface area contributed by atoms with Gasteiger partial charge >= 0.3 is 0 Å². The number of primary amides is 1. The summed E-state index contributed by atoms with van der Waals surface area (Å²) in [5, 5.41) is 11.7. The third kappa shape index (κ3) is 4.25. The van der Waals surface area contributed by atoms with Crippen molar-refractivity contribution in [2.45, 2.75) is 57.2 Å². The lowest BCUT2D eigenvalue weighted by Gasteiger charge is -2.30. The lowest BCUT2D eigenvalue weighted by atomic mass is 9.91. The number of rotatable bonds is 7. The average Bonchev–Trinajstić information content (AvgIpc) is 3.50. The number of amides is 1. The third-order valence-electron chi connectivity index (χ3n) is 6.42. The number of carbonyl (C=O) groups excluding carboxylic acids is 1. The highest BCUT2D eigenvalue weighted by Crippen LogP contribution is 2.32. The van der Waals surface area contributed by atoms with Gasteiger partial charge in [-0.2, -0.15) is 5.10 Å². The lowest BCUT2D eigenvalue weighted by Crippen LogP contribution is -2.43. The summed E-state index contributed by atoms with van der Waals surface area (Å²) in [6, 6.07) is 6.82. The van der Waals surface area contributed by atoms with Gasteiger partial charge in [0.15, 0.2) is 11.6 Å². The first kappa shape index (κ1) is 20.7. The molecular weight excluding hydrogens is 409 g/mol. The monoisotopic (exact) mass is 437 g/mol. The summed E-state index contributed by atoms with van der Waals surface area (Å²) in [4.78, 5) is 16.3. The zero-order valence-corrected chi connectivity index (χ0v) is 17.9. The SMILES string of the molecule is NC(=O)c1cc(F)c(N[C@@H]2CCCC[C@@H]2N)nc1Nc1ccc2c(cnn2CC2CC2)c1. The molecule has 2 aliphatic carbocycles. The van der Waals surface area contributed by atoms with Crippen molar-refractivity contribution >= 4 is 34.1 Å². The van der Waals surface area contributed by atoms with Crippen molar-refractivity contribution in [2.24, 2.45) is 17.4 Å². The predicted molar refractivity (Wildman–Crippen MR) is 122 cm³/mol. The van der Waals surface area contributed by atoms with Crippen molar-refractivity contribution in [3.05, 3.63) is 41.8 Å². The van der Waals surface area contributed by atoms with Gasteiger partial charge in [-0.3, -0.25) is 9.48 Å². The molecule has 9 heteroatoms. The number of nitrogens with one attached hydrogen (secondary N) is 2. The van der Waals surface area contributed by atoms with Crippen LogP contribution in [0.25, 0.3) is 10.9 Å². The van der Waals surface area contributed by atoms with Crippen LogP contribution in [0.3, 0.4) is 0 Å². The lowest BCUT2D eigenvalue weighted by molar-refractivity contribution is 0.100. The molecule has 168 valence electrons. The summed E-state index contributed by atoms with van der Waals surface area (Å²) >= 11 is 0. The van der Waals surface area contributed by atoms with E-state index in [1.54, 1.807) is 0 Å². The van der Waals surface area contributed by atoms with Crippen molar-refractivity contribution in [1.29, 1.82) is 0 Å². The second-order valence-electron chi connectivity index (χ2n) is 8.95. The molecule has 2 saturated carbocycles. The molecule has 1 amide bonds. The van der Waals surface area contributed by atoms with Crippen molar-refractivity contribution < 1.29 is 9.18 Å². The van der Waals surface area contributed by atoms with Crippen molar-refractivity contribution in [2.75, 3.05) is 10.6 Å². The number of aromatic nitrogens is 3. The number of nitrogens with two attached hydrogens (primary N) is 2. The van der Waals surface area contributed by atoms with Crippen LogP contribution in [0.2, 0.25) is 0 Å². The first-order valence-electron chi connectivity index (χ1n) is 11.2. The standard InChI is InChI=1S/C23H28FN7O/c24-17-10-16(21(26)32)22(30-23(17)29-19-4-2-1-3-18(19)25)28-15-7-8-20-14(9-15)11-27-31(20)12-13-5-6-13/h7-11,13,18-19H,1-6,12,25H2,(H2,26,32)(H2,28,29,30)/t18-,19+/m0/s1. The molecule has 0 saturated heterocycles. The van der Waals surface area contributed by atoms with Crippen LogP contribution in [0.15, 0.2) is 30.5 Å². The second kappa shape index (κ2) is 8.38. The summed E-state index contributed by atoms with van der Waals surface area (Å²) in [6.07, 6.45) is 8.19. The van der Waals surface area contributed by atoms with Crippen LogP contribution >= 0.6 is 0 Å². The zero-order valence-electron chi connectivity index (χ0n) is 17.9. The van der Waals surface area contributed by atoms with Gasteiger partial charge in [0.1, 0.15) is 5.82 Å². The highest BCUT2D eigenvalue weighted by Gasteiger charge is 2.25. The summed E-state index contributed by atoms with van der Waals surface area (Å²) in [6.45, 7) is 0.931. The topological polar surface area (TPSA) is 124 Å². The van der Waals surface area contributed by atoms with Crippen molar-refractivity contribution in [1.82, 2.24) is 14.8 Å². The van der Waals surface area contributed by atoms with E-state index in [2.05, 4.69) is 20.7 Å². The van der Waals surface area contributed by atoms with Crippen molar-refractivity contribution in [3.8, 4) is 0 Å². The van der Waals surface area contributed by atoms with Crippen LogP contribution < -0.4 is 22.1 Å². The Hall–Kier alpha value is -3.20. The molecule has 2 fully saturated rings. The quantitative estimate of drug-likeness (QED) is 0.448. The van der Waals surface area contributed by atoms with Crippen LogP contribution in [0, 0.1) is 11.7 Å². The Kier molecular flexibility index (Phi) is 5.42. The van der Waals surface area contributed by atoms with Gasteiger partial charge in [-0.1, -0.05) is 12.8 Å². The number of hydrogen-bond donors (Lipinski definition) is 4. The fraction of sp³-hybridized carbons (Fsp3) is 0.435. The molecule has 2 atom stereocenters. The Bertz CT molecular complexity index is 1160. The number of benzene rings is 1. The van der Waals surface area contributed by atoms with Crippen LogP contribution in [0.1, 0.15) is 48.9 Å². The van der Waals surface area contributed by atoms with Crippen LogP contribution in [-0.2, 0) is 6.54 Å². The smallest absolute Gasteiger partial charge is 0.252 e. The molecule has 0 aliphatic heterocycles. The number of fused-ring (bicyclic) bond motifs is 1. The van der Waals surface area contributed by atoms with E-state index in [4.69, 9.17) is 11.5 Å². The molecule has 2 heterocycles. The predicted octanol–water partition coefficient (Wildman–Crippen LogP) is 3.50. The summed E-state index contributed by atoms with van der Waals surface area (Å²) < 4.78 is 16.7. The summed E-state index contributed by atoms with van der Waals surface area (Å²) in [5.41, 5.74) is 13.5. The maximum atomic E-state index is 14.7. The van der Waals surface area contributed by atoms with Gasteiger partial charge in [0, 0.05) is 29.7 Å². The Balaban J connectivity index is 1.42. The van der Waals surface area contributed by atoms with Gasteiger partial charge in [0.25, 0.3) is 5.91 Å². The molecule has 0 unspecified atom stereocenters. The van der Waals surface area contributed by atoms with E-state index < -0.39 is 11.7 Å². The van der Waals surface area contributed by atoms with E-state index in [-0.39, 0.29) is 29.3 Å². The molecule has 0 spiro atoms. The normalized spacial score (nSPS) is 20.9. The molecule has 2 aromatic heterocycles. The van der Waals surface area contributed by atoms with Gasteiger partial charge in [-0.25, -0.2) is 9.37 Å². The first-order valence-corrected chi connectivity index (χ1v) is 11.2. The van der Waals surface area contributed by atoms with Crippen LogP contribution in [-0.4, -0.2) is 32.8 Å². The maximum absolute atomic E-state index is 14.7. The van der Waals surface area contributed by atoms with Crippen LogP contribution in [0.4, 0.5) is 21.7 Å². The van der Waals surface area contributed by atoms with Crippen molar-refractivity contribution in [3.63, 3.8) is 0 Å². The summed E-state index contributed by atoms with van der Waals surface area (Å²) in [7, 11) is 0. The number of halogens is 1. The highest BCUT2D eigenvalue weighted by atomic mass is 19.1. The van der Waals surface area contributed by atoms with Gasteiger partial charge in [0.2, 0.25) is 0 Å². The van der Waals surface area contributed by atoms with E-state index in [1.807, 2.05) is 29.1 Å². The Morgan fingerprint density at radius 2 is 1.97 bits per heavy atom. The maximum Gasteiger partial charge on any atom is 0.252 e. The molecule has 8 nitrogen and oxygen atoms in total. The number of anilines is 3. The molecule has 1 aromatic carbocycles. The van der Waals surface area contributed by atoms with Gasteiger partial charge in [-0.05, 0) is 55.9 Å². The van der Waals surface area contributed by atoms with Crippen LogP contribution in [0.5, 0.6) is 0 Å². The molecule has 5 rings (SSSR count). The van der Waals surface area contributed by atoms with Gasteiger partial charge in [0.05, 0.1) is 17.3 Å². The Morgan fingerprint density at radius 3 is 2.72 bits per heavy atom. The molecule has 32 heavy (non-hydrogen) atoms. The largest absolute Gasteiger partial charge is 0.365 e. The molecule has 0 bridgehead atoms. The average molecular weight is 438 g/mol.